The monoisotopic (exact) mass is 710 g/mol. The SMILES string of the molecule is CC(C)[C@@H](C)[C@@]1(C)CC[C@]2(C)[C@H]3CC[C@@H]4[C@@]5(COC[C@]4(C)[C@@H](OC[C@](C)(N)C(C)C)[C@H](n4ncnc4C(=O)N(C)C)C5)C3=CC[C@@]2(C)[C@@H]1C(=O)O. The number of hydrogen-bond donors (Lipinski definition) is 2. The highest BCUT2D eigenvalue weighted by atomic mass is 16.5. The Morgan fingerprint density at radius 3 is 2.39 bits per heavy atom. The number of carbonyl (C=O) groups is 2. The number of aliphatic carboxylic acids is 1. The predicted octanol–water partition coefficient (Wildman–Crippen LogP) is 6.87. The van der Waals surface area contributed by atoms with E-state index in [-0.39, 0.29) is 57.5 Å². The first-order valence-electron chi connectivity index (χ1n) is 19.6. The summed E-state index contributed by atoms with van der Waals surface area (Å²) in [5, 5.41) is 15.8. The number of nitrogens with two attached hydrogens (primary N) is 1. The summed E-state index contributed by atoms with van der Waals surface area (Å²) in [6.07, 6.45) is 9.04. The number of ether oxygens (including phenoxy) is 2. The van der Waals surface area contributed by atoms with E-state index < -0.39 is 22.8 Å². The zero-order valence-corrected chi connectivity index (χ0v) is 33.6. The third-order valence-electron chi connectivity index (χ3n) is 16.5. The van der Waals surface area contributed by atoms with E-state index >= 15 is 0 Å². The summed E-state index contributed by atoms with van der Waals surface area (Å²) in [6, 6.07) is -0.270. The molecule has 3 saturated carbocycles. The van der Waals surface area contributed by atoms with Gasteiger partial charge in [-0.25, -0.2) is 9.67 Å². The van der Waals surface area contributed by atoms with E-state index in [4.69, 9.17) is 20.3 Å². The molecule has 4 fully saturated rings. The van der Waals surface area contributed by atoms with Crippen LogP contribution in [-0.4, -0.2) is 82.2 Å². The minimum Gasteiger partial charge on any atom is -0.481 e. The van der Waals surface area contributed by atoms with E-state index in [1.165, 1.54) is 11.9 Å². The average Bonchev–Trinajstić information content (AvgIpc) is 3.53. The van der Waals surface area contributed by atoms with Gasteiger partial charge in [-0.2, -0.15) is 5.10 Å². The lowest BCUT2D eigenvalue weighted by molar-refractivity contribution is -0.252. The van der Waals surface area contributed by atoms with Crippen molar-refractivity contribution in [1.29, 1.82) is 0 Å². The molecule has 5 aliphatic rings. The Morgan fingerprint density at radius 2 is 1.78 bits per heavy atom. The fraction of sp³-hybridized carbons (Fsp3) is 0.854. The number of carboxylic acids is 1. The van der Waals surface area contributed by atoms with Crippen LogP contribution in [0.5, 0.6) is 0 Å². The number of aromatic nitrogens is 3. The lowest BCUT2D eigenvalue weighted by Gasteiger charge is -2.71. The first-order chi connectivity index (χ1) is 23.6. The van der Waals surface area contributed by atoms with Crippen molar-refractivity contribution < 1.29 is 24.2 Å². The van der Waals surface area contributed by atoms with Crippen molar-refractivity contribution in [3.05, 3.63) is 23.8 Å². The molecule has 3 N–H and O–H groups in total. The van der Waals surface area contributed by atoms with E-state index in [0.29, 0.717) is 43.9 Å². The average molecular weight is 710 g/mol. The quantitative estimate of drug-likeness (QED) is 0.266. The van der Waals surface area contributed by atoms with Crippen LogP contribution in [0.1, 0.15) is 124 Å². The van der Waals surface area contributed by atoms with Crippen molar-refractivity contribution in [3.8, 4) is 0 Å². The van der Waals surface area contributed by atoms with Crippen LogP contribution in [0.25, 0.3) is 0 Å². The number of hydrogen-bond acceptors (Lipinski definition) is 7. The molecule has 10 heteroatoms. The number of carbonyl (C=O) groups excluding carboxylic acids is 1. The van der Waals surface area contributed by atoms with Gasteiger partial charge in [0.05, 0.1) is 37.9 Å². The lowest BCUT2D eigenvalue weighted by Crippen LogP contribution is -2.69. The predicted molar refractivity (Wildman–Crippen MR) is 198 cm³/mol. The van der Waals surface area contributed by atoms with Gasteiger partial charge in [0.2, 0.25) is 5.82 Å². The van der Waals surface area contributed by atoms with Crippen LogP contribution >= 0.6 is 0 Å². The maximum Gasteiger partial charge on any atom is 0.307 e. The topological polar surface area (TPSA) is 133 Å². The number of nitrogens with zero attached hydrogens (tertiary/aromatic N) is 4. The van der Waals surface area contributed by atoms with Gasteiger partial charge in [-0.1, -0.05) is 74.0 Å². The lowest BCUT2D eigenvalue weighted by atomic mass is 9.34. The van der Waals surface area contributed by atoms with E-state index in [1.54, 1.807) is 19.0 Å². The first-order valence-corrected chi connectivity index (χ1v) is 19.6. The second-order valence-electron chi connectivity index (χ2n) is 19.7. The van der Waals surface area contributed by atoms with Gasteiger partial charge in [-0.05, 0) is 91.3 Å². The number of rotatable bonds is 9. The van der Waals surface area contributed by atoms with E-state index in [0.717, 1.165) is 32.1 Å². The van der Waals surface area contributed by atoms with Gasteiger partial charge in [0.15, 0.2) is 0 Å². The Bertz CT molecular complexity index is 1550. The normalized spacial score (nSPS) is 42.3. The molecule has 1 amide bonds. The van der Waals surface area contributed by atoms with Crippen LogP contribution < -0.4 is 5.73 Å². The third kappa shape index (κ3) is 5.41. The minimum atomic E-state index is -0.647. The van der Waals surface area contributed by atoms with Crippen LogP contribution in [0.2, 0.25) is 0 Å². The molecule has 2 heterocycles. The van der Waals surface area contributed by atoms with E-state index in [2.05, 4.69) is 73.4 Å². The molecule has 51 heavy (non-hydrogen) atoms. The summed E-state index contributed by atoms with van der Waals surface area (Å²) in [7, 11) is 3.49. The number of allylic oxidation sites excluding steroid dienone is 1. The van der Waals surface area contributed by atoms with Gasteiger partial charge in [-0.3, -0.25) is 9.59 Å². The van der Waals surface area contributed by atoms with Crippen LogP contribution in [0, 0.1) is 62.6 Å². The van der Waals surface area contributed by atoms with Gasteiger partial charge in [0, 0.05) is 30.5 Å². The molecular weight excluding hydrogens is 642 g/mol. The molecule has 1 aromatic heterocycles. The van der Waals surface area contributed by atoms with Crippen LogP contribution in [-0.2, 0) is 14.3 Å². The zero-order chi connectivity index (χ0) is 37.7. The standard InChI is InChI=1S/C41H67N5O5/c1-24(2)26(5)36(6)17-18-38(8)27-13-14-30-37(7)20-50-22-41(30,28(27)15-16-39(38,9)31(36)35(48)49)19-29(32(37)51-21-40(10,42)25(3)4)46-33(43-23-44-46)34(47)45(11)12/h15,23-27,29-32H,13-14,16-22,42H2,1-12H3,(H,48,49)/t26-,27+,29-,30+,31-,32+,36-,37+,38-,39+,40+,41+/m1/s1. The molecule has 0 radical (unpaired) electrons. The number of fused-ring (bicyclic) bond motifs is 3. The first kappa shape index (κ1) is 38.4. The Balaban J connectivity index is 1.48. The zero-order valence-electron chi connectivity index (χ0n) is 33.6. The second kappa shape index (κ2) is 12.6. The fourth-order valence-electron chi connectivity index (χ4n) is 12.4. The molecule has 0 unspecified atom stereocenters. The molecule has 0 spiro atoms. The molecule has 6 rings (SSSR count). The smallest absolute Gasteiger partial charge is 0.307 e. The van der Waals surface area contributed by atoms with Crippen LogP contribution in [0.4, 0.5) is 0 Å². The second-order valence-corrected chi connectivity index (χ2v) is 19.7. The Kier molecular flexibility index (Phi) is 9.53. The van der Waals surface area contributed by atoms with Crippen molar-refractivity contribution >= 4 is 11.9 Å². The van der Waals surface area contributed by atoms with Crippen molar-refractivity contribution in [2.24, 2.45) is 68.3 Å². The summed E-state index contributed by atoms with van der Waals surface area (Å²) in [5.41, 5.74) is 6.16. The van der Waals surface area contributed by atoms with Crippen molar-refractivity contribution in [3.63, 3.8) is 0 Å². The van der Waals surface area contributed by atoms with Crippen molar-refractivity contribution in [2.45, 2.75) is 125 Å². The largest absolute Gasteiger partial charge is 0.481 e. The van der Waals surface area contributed by atoms with Gasteiger partial charge >= 0.3 is 5.97 Å². The summed E-state index contributed by atoms with van der Waals surface area (Å²) >= 11 is 0. The molecule has 4 aliphatic carbocycles. The van der Waals surface area contributed by atoms with Crippen molar-refractivity contribution in [2.75, 3.05) is 33.9 Å². The van der Waals surface area contributed by atoms with Crippen molar-refractivity contribution in [1.82, 2.24) is 19.7 Å². The highest BCUT2D eigenvalue weighted by Gasteiger charge is 2.72. The summed E-state index contributed by atoms with van der Waals surface area (Å²) < 4.78 is 15.6. The number of amides is 1. The summed E-state index contributed by atoms with van der Waals surface area (Å²) in [6.45, 7) is 23.9. The molecule has 1 saturated heterocycles. The Morgan fingerprint density at radius 1 is 1.10 bits per heavy atom. The molecule has 1 aromatic rings. The Labute approximate surface area is 306 Å². The number of carboxylic acid groups (broad SMARTS) is 1. The molecule has 1 aliphatic heterocycles. The Hall–Kier alpha value is -2.30. The van der Waals surface area contributed by atoms with Gasteiger partial charge in [-0.15, -0.1) is 0 Å². The third-order valence-corrected chi connectivity index (χ3v) is 16.5. The maximum absolute atomic E-state index is 13.5. The molecule has 286 valence electrons. The van der Waals surface area contributed by atoms with Gasteiger partial charge in [0.25, 0.3) is 5.91 Å². The van der Waals surface area contributed by atoms with E-state index in [1.807, 2.05) is 11.6 Å². The molecule has 0 aromatic carbocycles. The maximum atomic E-state index is 13.5. The minimum absolute atomic E-state index is 0.189. The highest BCUT2D eigenvalue weighted by Crippen LogP contribution is 2.75. The van der Waals surface area contributed by atoms with Crippen LogP contribution in [0.15, 0.2) is 18.0 Å². The van der Waals surface area contributed by atoms with E-state index in [9.17, 15) is 14.7 Å². The fourth-order valence-corrected chi connectivity index (χ4v) is 12.4. The van der Waals surface area contributed by atoms with Gasteiger partial charge in [0.1, 0.15) is 6.33 Å². The molecule has 10 nitrogen and oxygen atoms in total. The summed E-state index contributed by atoms with van der Waals surface area (Å²) in [4.78, 5) is 33.1. The molecular formula is C41H67N5O5. The summed E-state index contributed by atoms with van der Waals surface area (Å²) in [5.74, 6) is 0.464. The van der Waals surface area contributed by atoms with Crippen LogP contribution in [0.3, 0.4) is 0 Å². The molecule has 2 bridgehead atoms. The molecule has 12 atom stereocenters. The highest BCUT2D eigenvalue weighted by molar-refractivity contribution is 5.90. The van der Waals surface area contributed by atoms with Gasteiger partial charge < -0.3 is 25.2 Å².